The maximum atomic E-state index is 5.97. The fraction of sp³-hybridized carbons (Fsp3) is 0.241. The molecule has 0 bridgehead atoms. The standard InChI is InChI=1S/C29H30O2P2/c1-21-11-4-6-14-25(21)32(26-15-7-5-12-22(26)2)23(3)24-13-8-16-27(24)33(28-17-9-19-30-28)29-18-10-20-31-29/h4-7,9-12,14-15,17-20,23H,8,13,16H2,1-3H3/t23-/m1/s1. The van der Waals surface area contributed by atoms with E-state index in [0.29, 0.717) is 5.66 Å². The molecular formula is C29H30O2P2. The van der Waals surface area contributed by atoms with Crippen LogP contribution < -0.4 is 21.6 Å². The van der Waals surface area contributed by atoms with Gasteiger partial charge in [-0.25, -0.2) is 0 Å². The molecule has 0 amide bonds. The number of benzene rings is 2. The highest BCUT2D eigenvalue weighted by molar-refractivity contribution is 7.76. The Bertz CT molecular complexity index is 1160. The maximum Gasteiger partial charge on any atom is 0.137 e. The lowest BCUT2D eigenvalue weighted by molar-refractivity contribution is 0.593. The van der Waals surface area contributed by atoms with Crippen LogP contribution >= 0.6 is 15.8 Å². The predicted octanol–water partition coefficient (Wildman–Crippen LogP) is 6.88. The van der Waals surface area contributed by atoms with Crippen molar-refractivity contribution in [1.82, 2.24) is 0 Å². The smallest absolute Gasteiger partial charge is 0.137 e. The first-order valence-corrected chi connectivity index (χ1v) is 14.4. The number of furan rings is 2. The van der Waals surface area contributed by atoms with Gasteiger partial charge < -0.3 is 8.83 Å². The molecule has 0 N–H and O–H groups in total. The summed E-state index contributed by atoms with van der Waals surface area (Å²) >= 11 is 0. The molecule has 4 aromatic rings. The van der Waals surface area contributed by atoms with E-state index in [-0.39, 0.29) is 0 Å². The summed E-state index contributed by atoms with van der Waals surface area (Å²) in [6, 6.07) is 26.2. The van der Waals surface area contributed by atoms with Gasteiger partial charge in [0, 0.05) is 5.66 Å². The molecule has 0 radical (unpaired) electrons. The summed E-state index contributed by atoms with van der Waals surface area (Å²) in [6.45, 7) is 6.99. The van der Waals surface area contributed by atoms with Crippen LogP contribution in [0.15, 0.2) is 105 Å². The van der Waals surface area contributed by atoms with E-state index in [1.807, 2.05) is 12.1 Å². The largest absolute Gasteiger partial charge is 0.464 e. The molecule has 4 heteroatoms. The average molecular weight is 473 g/mol. The second-order valence-corrected chi connectivity index (χ2v) is 13.3. The fourth-order valence-electron chi connectivity index (χ4n) is 5.00. The van der Waals surface area contributed by atoms with E-state index >= 15 is 0 Å². The predicted molar refractivity (Wildman–Crippen MR) is 142 cm³/mol. The highest BCUT2D eigenvalue weighted by Crippen LogP contribution is 2.56. The molecule has 0 aliphatic heterocycles. The number of rotatable bonds is 7. The van der Waals surface area contributed by atoms with Crippen LogP contribution in [0.25, 0.3) is 0 Å². The zero-order valence-corrected chi connectivity index (χ0v) is 21.3. The molecule has 0 fully saturated rings. The van der Waals surface area contributed by atoms with Gasteiger partial charge in [0.25, 0.3) is 0 Å². The summed E-state index contributed by atoms with van der Waals surface area (Å²) in [5.74, 6) is 0. The minimum Gasteiger partial charge on any atom is -0.464 e. The van der Waals surface area contributed by atoms with E-state index < -0.39 is 15.8 Å². The molecular weight excluding hydrogens is 442 g/mol. The van der Waals surface area contributed by atoms with Crippen LogP contribution in [0.1, 0.15) is 37.3 Å². The van der Waals surface area contributed by atoms with Crippen LogP contribution in [0, 0.1) is 13.8 Å². The third-order valence-corrected chi connectivity index (χ3v) is 12.2. The van der Waals surface area contributed by atoms with Crippen LogP contribution in [0.5, 0.6) is 0 Å². The molecule has 0 saturated carbocycles. The molecule has 1 atom stereocenters. The molecule has 1 aliphatic rings. The lowest BCUT2D eigenvalue weighted by Crippen LogP contribution is -2.25. The summed E-state index contributed by atoms with van der Waals surface area (Å²) in [7, 11) is -1.31. The molecule has 2 aromatic heterocycles. The normalized spacial score (nSPS) is 15.1. The van der Waals surface area contributed by atoms with Gasteiger partial charge in [-0.2, -0.15) is 0 Å². The Morgan fingerprint density at radius 3 is 1.73 bits per heavy atom. The zero-order chi connectivity index (χ0) is 22.8. The summed E-state index contributed by atoms with van der Waals surface area (Å²) in [4.78, 5) is 0. The van der Waals surface area contributed by atoms with Crippen molar-refractivity contribution in [2.75, 3.05) is 0 Å². The fourth-order valence-corrected chi connectivity index (χ4v) is 10.7. The van der Waals surface area contributed by atoms with E-state index in [2.05, 4.69) is 81.4 Å². The third-order valence-electron chi connectivity index (χ3n) is 6.59. The number of hydrogen-bond acceptors (Lipinski definition) is 2. The SMILES string of the molecule is Cc1ccccc1P(c1ccccc1C)[C@H](C)C1=C(P(c2ccco2)c2ccco2)CCC1. The number of hydrogen-bond donors (Lipinski definition) is 0. The number of allylic oxidation sites excluding steroid dienone is 2. The van der Waals surface area contributed by atoms with Gasteiger partial charge in [0.1, 0.15) is 11.0 Å². The molecule has 5 rings (SSSR count). The van der Waals surface area contributed by atoms with Crippen molar-refractivity contribution in [3.05, 3.63) is 107 Å². The van der Waals surface area contributed by atoms with Gasteiger partial charge in [-0.3, -0.25) is 0 Å². The molecule has 2 heterocycles. The monoisotopic (exact) mass is 472 g/mol. The van der Waals surface area contributed by atoms with E-state index in [1.165, 1.54) is 28.2 Å². The van der Waals surface area contributed by atoms with E-state index in [4.69, 9.17) is 8.83 Å². The summed E-state index contributed by atoms with van der Waals surface area (Å²) < 4.78 is 11.9. The summed E-state index contributed by atoms with van der Waals surface area (Å²) in [5.41, 5.74) is 6.92. The van der Waals surface area contributed by atoms with Crippen molar-refractivity contribution < 1.29 is 8.83 Å². The lowest BCUT2D eigenvalue weighted by Gasteiger charge is -2.31. The molecule has 0 unspecified atom stereocenters. The summed E-state index contributed by atoms with van der Waals surface area (Å²) in [6.07, 6.45) is 7.07. The second kappa shape index (κ2) is 9.84. The van der Waals surface area contributed by atoms with E-state index in [9.17, 15) is 0 Å². The Hall–Kier alpha value is -2.40. The van der Waals surface area contributed by atoms with Gasteiger partial charge in [-0.15, -0.1) is 0 Å². The highest BCUT2D eigenvalue weighted by atomic mass is 31.1. The molecule has 0 spiro atoms. The van der Waals surface area contributed by atoms with Gasteiger partial charge in [-0.05, 0) is 92.3 Å². The zero-order valence-electron chi connectivity index (χ0n) is 19.5. The molecule has 1 aliphatic carbocycles. The first kappa shape index (κ1) is 22.4. The lowest BCUT2D eigenvalue weighted by atomic mass is 10.2. The van der Waals surface area contributed by atoms with Gasteiger partial charge in [-0.1, -0.05) is 61.0 Å². The van der Waals surface area contributed by atoms with Crippen LogP contribution in [0.3, 0.4) is 0 Å². The molecule has 2 nitrogen and oxygen atoms in total. The number of aryl methyl sites for hydroxylation is 2. The maximum absolute atomic E-state index is 5.97. The van der Waals surface area contributed by atoms with Crippen LogP contribution in [0.4, 0.5) is 0 Å². The van der Waals surface area contributed by atoms with E-state index in [1.54, 1.807) is 23.4 Å². The van der Waals surface area contributed by atoms with Crippen molar-refractivity contribution in [3.63, 3.8) is 0 Å². The van der Waals surface area contributed by atoms with Crippen molar-refractivity contribution in [2.45, 2.75) is 45.7 Å². The van der Waals surface area contributed by atoms with Crippen molar-refractivity contribution in [3.8, 4) is 0 Å². The Morgan fingerprint density at radius 2 is 1.24 bits per heavy atom. The quantitative estimate of drug-likeness (QED) is 0.274. The van der Waals surface area contributed by atoms with Crippen LogP contribution in [-0.4, -0.2) is 5.66 Å². The molecule has 0 saturated heterocycles. The van der Waals surface area contributed by atoms with Crippen LogP contribution in [-0.2, 0) is 0 Å². The minimum absolute atomic E-state index is 0.453. The van der Waals surface area contributed by atoms with Gasteiger partial charge in [0.15, 0.2) is 0 Å². The average Bonchev–Trinajstić information content (AvgIpc) is 3.61. The van der Waals surface area contributed by atoms with Crippen molar-refractivity contribution in [1.29, 1.82) is 0 Å². The van der Waals surface area contributed by atoms with Crippen molar-refractivity contribution >= 4 is 37.5 Å². The van der Waals surface area contributed by atoms with E-state index in [0.717, 1.165) is 23.8 Å². The Kier molecular flexibility index (Phi) is 6.68. The Morgan fingerprint density at radius 1 is 0.697 bits per heavy atom. The van der Waals surface area contributed by atoms with Gasteiger partial charge >= 0.3 is 0 Å². The highest BCUT2D eigenvalue weighted by Gasteiger charge is 2.35. The van der Waals surface area contributed by atoms with Gasteiger partial charge in [0.05, 0.1) is 20.4 Å². The first-order chi connectivity index (χ1) is 16.1. The van der Waals surface area contributed by atoms with Crippen molar-refractivity contribution in [2.24, 2.45) is 0 Å². The molecule has 33 heavy (non-hydrogen) atoms. The first-order valence-electron chi connectivity index (χ1n) is 11.6. The minimum atomic E-state index is -0.771. The Labute approximate surface area is 199 Å². The topological polar surface area (TPSA) is 26.3 Å². The van der Waals surface area contributed by atoms with Gasteiger partial charge in [0.2, 0.25) is 0 Å². The second-order valence-electron chi connectivity index (χ2n) is 8.68. The third kappa shape index (κ3) is 4.40. The summed E-state index contributed by atoms with van der Waals surface area (Å²) in [5, 5.41) is 4.54. The van der Waals surface area contributed by atoms with Crippen LogP contribution in [0.2, 0.25) is 0 Å². The Balaban J connectivity index is 1.66. The molecule has 2 aromatic carbocycles. The molecule has 168 valence electrons.